The van der Waals surface area contributed by atoms with E-state index in [2.05, 4.69) is 47.0 Å². The smallest absolute Gasteiger partial charge is 0.196 e. The topological polar surface area (TPSA) is 182 Å². The summed E-state index contributed by atoms with van der Waals surface area (Å²) in [5, 5.41) is 52.4. The molecule has 3 unspecified atom stereocenters. The predicted octanol–water partition coefficient (Wildman–Crippen LogP) is 2.75. The molecule has 14 heteroatoms. The second kappa shape index (κ2) is 14.8. The van der Waals surface area contributed by atoms with Crippen LogP contribution in [-0.2, 0) is 69.7 Å². The fraction of sp³-hybridized carbons (Fsp3) is 0.527. The quantitative estimate of drug-likeness (QED) is 0.258. The third kappa shape index (κ3) is 5.19. The first-order chi connectivity index (χ1) is 33.3. The second-order valence-electron chi connectivity index (χ2n) is 21.8. The lowest BCUT2D eigenvalue weighted by atomic mass is 9.49. The minimum Gasteiger partial charge on any atom is -0.497 e. The number of nitrogens with zero attached hydrogens (tertiary/aromatic N) is 3. The van der Waals surface area contributed by atoms with E-state index in [-0.39, 0.29) is 55.0 Å². The Bertz CT molecular complexity index is 2860. The van der Waals surface area contributed by atoms with Crippen LogP contribution in [0.1, 0.15) is 82.2 Å². The molecule has 1 saturated carbocycles. The Kier molecular flexibility index (Phi) is 9.47. The molecule has 15 rings (SSSR count). The maximum atomic E-state index is 12.6. The molecule has 3 aromatic carbocycles. The van der Waals surface area contributed by atoms with Crippen molar-refractivity contribution < 1.29 is 54.1 Å². The van der Waals surface area contributed by atoms with Crippen molar-refractivity contribution in [3.8, 4) is 17.2 Å². The number of rotatable bonds is 4. The van der Waals surface area contributed by atoms with E-state index in [1.165, 1.54) is 22.8 Å². The van der Waals surface area contributed by atoms with E-state index in [4.69, 9.17) is 18.9 Å². The fourth-order valence-electron chi connectivity index (χ4n) is 16.2. The maximum absolute atomic E-state index is 12.6. The molecule has 3 spiro atoms. The number of methoxy groups -OCH3 is 1. The normalized spacial score (nSPS) is 38.1. The molecule has 69 heavy (non-hydrogen) atoms. The summed E-state index contributed by atoms with van der Waals surface area (Å²) in [6.45, 7) is 2.50. The molecular weight excluding hydrogens is 879 g/mol. The standard InChI is InChI=1S/C19H21NO3.C18H21NO4.C18H19NO4/c1-20-8-7-19-13-5-6-15(22-2)18(19)23-17-12(10-21)4-3-11(16(17)19)9-14(13)20;2*1-19-7-6-17-14-10-2-3-11(9-20)15(14)23-16(17)12(21)4-5-18(17,22)13(19)8-10/h3-6,14,18,21H,7-10H2,1-2H3;2-3,13,16,20,22H,4-9H2,1H3;2-5,13,16,20,22H,6-9H2,1H3/t14?,18-,19-;2*13?,16-,17-,18+/m000/s1. The number of likely N-dealkylation sites (tertiary alicyclic amines) is 3. The zero-order valence-corrected chi connectivity index (χ0v) is 39.7. The first-order valence-electron chi connectivity index (χ1n) is 24.8. The number of hydrogen-bond acceptors (Lipinski definition) is 14. The first kappa shape index (κ1) is 44.1. The zero-order valence-electron chi connectivity index (χ0n) is 39.7. The van der Waals surface area contributed by atoms with Crippen molar-refractivity contribution in [2.75, 3.05) is 47.9 Å². The SMILES string of the molecule is CN1CC[C@]23c4c5ccc(CO)c4O[C@H]2C(=O)C=C[C@@]3(O)C1C5.CN1CC[C@]23c4c5ccc(CO)c4O[C@H]2C(=O)CC[C@@]3(O)C1C5.COC1=CC=C2C3Cc4ccc(CO)c5c4[C@@]2(CCN3C)[C@H]1O5. The number of ether oxygens (including phenoxy) is 4. The number of piperidine rings is 3. The van der Waals surface area contributed by atoms with Crippen molar-refractivity contribution in [3.05, 3.63) is 122 Å². The lowest BCUT2D eigenvalue weighted by molar-refractivity contribution is -0.185. The Balaban J connectivity index is 0.000000102. The van der Waals surface area contributed by atoms with Crippen molar-refractivity contribution in [2.45, 2.75) is 135 Å². The number of carbonyl (C=O) groups excluding carboxylic acids is 2. The van der Waals surface area contributed by atoms with Gasteiger partial charge in [0.05, 0.1) is 48.8 Å². The monoisotopic (exact) mass is 939 g/mol. The molecule has 3 aromatic rings. The van der Waals surface area contributed by atoms with Gasteiger partial charge in [-0.2, -0.15) is 0 Å². The van der Waals surface area contributed by atoms with E-state index >= 15 is 0 Å². The molecule has 6 aliphatic carbocycles. The number of likely N-dealkylation sites (N-methyl/N-ethyl adjacent to an activating group) is 3. The molecule has 0 amide bonds. The molecule has 0 aromatic heterocycles. The van der Waals surface area contributed by atoms with Gasteiger partial charge in [-0.05, 0) is 126 Å². The Morgan fingerprint density at radius 1 is 0.638 bits per heavy atom. The van der Waals surface area contributed by atoms with Crippen LogP contribution < -0.4 is 14.2 Å². The van der Waals surface area contributed by atoms with Crippen LogP contribution in [0.15, 0.2) is 72.0 Å². The molecule has 6 aliphatic heterocycles. The highest BCUT2D eigenvalue weighted by Gasteiger charge is 2.74. The van der Waals surface area contributed by atoms with Gasteiger partial charge in [-0.1, -0.05) is 42.5 Å². The summed E-state index contributed by atoms with van der Waals surface area (Å²) in [5.74, 6) is 3.07. The summed E-state index contributed by atoms with van der Waals surface area (Å²) >= 11 is 0. The highest BCUT2D eigenvalue weighted by molar-refractivity contribution is 5.99. The number of ketones is 2. The Morgan fingerprint density at radius 3 is 1.84 bits per heavy atom. The molecule has 3 saturated heterocycles. The highest BCUT2D eigenvalue weighted by atomic mass is 16.5. The molecule has 362 valence electrons. The zero-order chi connectivity index (χ0) is 47.7. The van der Waals surface area contributed by atoms with Crippen LogP contribution in [0.4, 0.5) is 0 Å². The number of benzene rings is 3. The lowest BCUT2D eigenvalue weighted by Crippen LogP contribution is -2.76. The summed E-state index contributed by atoms with van der Waals surface area (Å²) < 4.78 is 24.3. The van der Waals surface area contributed by atoms with Crippen LogP contribution >= 0.6 is 0 Å². The van der Waals surface area contributed by atoms with Crippen molar-refractivity contribution in [2.24, 2.45) is 0 Å². The van der Waals surface area contributed by atoms with E-state index in [1.807, 2.05) is 37.4 Å². The van der Waals surface area contributed by atoms with Gasteiger partial charge in [-0.3, -0.25) is 19.4 Å². The number of allylic oxidation sites excluding steroid dienone is 2. The van der Waals surface area contributed by atoms with E-state index < -0.39 is 34.2 Å². The van der Waals surface area contributed by atoms with Crippen LogP contribution in [0.3, 0.4) is 0 Å². The largest absolute Gasteiger partial charge is 0.497 e. The molecule has 6 heterocycles. The van der Waals surface area contributed by atoms with Gasteiger partial charge >= 0.3 is 0 Å². The van der Waals surface area contributed by atoms with E-state index in [9.17, 15) is 35.1 Å². The Hall–Kier alpha value is -4.90. The molecule has 4 fully saturated rings. The van der Waals surface area contributed by atoms with Gasteiger partial charge in [0.25, 0.3) is 0 Å². The maximum Gasteiger partial charge on any atom is 0.196 e. The summed E-state index contributed by atoms with van der Waals surface area (Å²) in [6, 6.07) is 12.4. The van der Waals surface area contributed by atoms with Crippen LogP contribution in [0.25, 0.3) is 0 Å². The van der Waals surface area contributed by atoms with Crippen LogP contribution in [-0.4, -0.2) is 147 Å². The Labute approximate surface area is 401 Å². The molecule has 14 nitrogen and oxygen atoms in total. The van der Waals surface area contributed by atoms with Gasteiger partial charge < -0.3 is 49.4 Å². The highest BCUT2D eigenvalue weighted by Crippen LogP contribution is 2.66. The lowest BCUT2D eigenvalue weighted by Gasteiger charge is -2.62. The minimum absolute atomic E-state index is 0.0137. The van der Waals surface area contributed by atoms with Crippen LogP contribution in [0, 0.1) is 0 Å². The van der Waals surface area contributed by atoms with Crippen molar-refractivity contribution in [1.82, 2.24) is 14.7 Å². The number of aliphatic hydroxyl groups is 5. The second-order valence-corrected chi connectivity index (χ2v) is 21.8. The summed E-state index contributed by atoms with van der Waals surface area (Å²) in [6.07, 6.45) is 11.9. The summed E-state index contributed by atoms with van der Waals surface area (Å²) in [5.41, 5.74) is 7.21. The van der Waals surface area contributed by atoms with Crippen molar-refractivity contribution in [1.29, 1.82) is 0 Å². The van der Waals surface area contributed by atoms with E-state index in [0.717, 1.165) is 96.6 Å². The van der Waals surface area contributed by atoms with E-state index in [1.54, 1.807) is 13.2 Å². The van der Waals surface area contributed by atoms with Gasteiger partial charge in [0.2, 0.25) is 0 Å². The van der Waals surface area contributed by atoms with Crippen LogP contribution in [0.2, 0.25) is 0 Å². The molecule has 11 atom stereocenters. The molecule has 0 radical (unpaired) electrons. The van der Waals surface area contributed by atoms with Gasteiger partial charge in [-0.15, -0.1) is 0 Å². The third-order valence-corrected chi connectivity index (χ3v) is 19.4. The van der Waals surface area contributed by atoms with Crippen molar-refractivity contribution in [3.63, 3.8) is 0 Å². The number of Topliss-reactive ketones (excluding diaryl/α,β-unsaturated/α-hetero) is 1. The number of hydrogen-bond donors (Lipinski definition) is 5. The molecule has 6 bridgehead atoms. The Morgan fingerprint density at radius 2 is 1.19 bits per heavy atom. The average molecular weight is 940 g/mol. The predicted molar refractivity (Wildman–Crippen MR) is 251 cm³/mol. The van der Waals surface area contributed by atoms with E-state index in [0.29, 0.717) is 42.4 Å². The fourth-order valence-corrected chi connectivity index (χ4v) is 16.2. The number of carbonyl (C=O) groups is 2. The number of aliphatic hydroxyl groups excluding tert-OH is 3. The van der Waals surface area contributed by atoms with Gasteiger partial charge in [-0.25, -0.2) is 0 Å². The van der Waals surface area contributed by atoms with Gasteiger partial charge in [0, 0.05) is 57.9 Å². The third-order valence-electron chi connectivity index (χ3n) is 19.4. The van der Waals surface area contributed by atoms with Crippen LogP contribution in [0.5, 0.6) is 17.2 Å². The first-order valence-corrected chi connectivity index (χ1v) is 24.8. The van der Waals surface area contributed by atoms with Gasteiger partial charge in [0.1, 0.15) is 28.6 Å². The molecule has 5 N–H and O–H groups in total. The average Bonchev–Trinajstić information content (AvgIpc) is 4.03. The van der Waals surface area contributed by atoms with Gasteiger partial charge in [0.15, 0.2) is 29.9 Å². The molecule has 12 aliphatic rings. The summed E-state index contributed by atoms with van der Waals surface area (Å²) in [4.78, 5) is 32.1. The minimum atomic E-state index is -1.11. The summed E-state index contributed by atoms with van der Waals surface area (Å²) in [7, 11) is 8.02. The van der Waals surface area contributed by atoms with Crippen molar-refractivity contribution >= 4 is 11.6 Å². The molecular formula is C55H61N3O11.